The summed E-state index contributed by atoms with van der Waals surface area (Å²) in [6, 6.07) is 6.87. The van der Waals surface area contributed by atoms with Crippen molar-refractivity contribution in [3.8, 4) is 17.2 Å². The Labute approximate surface area is 188 Å². The SMILES string of the molecule is CN1CC[NH+](Cc2c([O-])ccc3c2O/C(=C\c2cc(Br)cc4c2OCOC4)C3=O)CC1. The van der Waals surface area contributed by atoms with Crippen molar-refractivity contribution in [2.24, 2.45) is 0 Å². The van der Waals surface area contributed by atoms with Gasteiger partial charge in [0.15, 0.2) is 12.6 Å². The molecule has 8 heteroatoms. The number of quaternary nitrogens is 1. The molecule has 3 aliphatic rings. The number of likely N-dealkylation sites (N-methyl/N-ethyl adjacent to an activating group) is 1. The van der Waals surface area contributed by atoms with E-state index in [0.29, 0.717) is 35.8 Å². The Morgan fingerprint density at radius 2 is 2.03 bits per heavy atom. The van der Waals surface area contributed by atoms with E-state index in [2.05, 4.69) is 27.9 Å². The smallest absolute Gasteiger partial charge is 0.231 e. The minimum atomic E-state index is -0.217. The van der Waals surface area contributed by atoms with Crippen LogP contribution < -0.4 is 19.5 Å². The molecule has 0 unspecified atom stereocenters. The lowest BCUT2D eigenvalue weighted by atomic mass is 10.0. The highest BCUT2D eigenvalue weighted by atomic mass is 79.9. The number of benzene rings is 2. The first-order valence-electron chi connectivity index (χ1n) is 10.3. The van der Waals surface area contributed by atoms with E-state index in [1.54, 1.807) is 12.1 Å². The minimum Gasteiger partial charge on any atom is -0.872 e. The molecule has 5 rings (SSSR count). The number of piperazine rings is 1. The molecule has 0 bridgehead atoms. The number of ether oxygens (including phenoxy) is 3. The highest BCUT2D eigenvalue weighted by Gasteiger charge is 2.32. The average molecular weight is 487 g/mol. The summed E-state index contributed by atoms with van der Waals surface area (Å²) in [5.41, 5.74) is 2.66. The Hall–Kier alpha value is -2.39. The van der Waals surface area contributed by atoms with Crippen LogP contribution in [-0.4, -0.2) is 50.7 Å². The number of rotatable bonds is 3. The van der Waals surface area contributed by atoms with E-state index in [0.717, 1.165) is 41.8 Å². The largest absolute Gasteiger partial charge is 0.872 e. The van der Waals surface area contributed by atoms with Gasteiger partial charge in [-0.3, -0.25) is 9.69 Å². The highest BCUT2D eigenvalue weighted by molar-refractivity contribution is 9.10. The first-order valence-corrected chi connectivity index (χ1v) is 11.1. The van der Waals surface area contributed by atoms with E-state index in [1.807, 2.05) is 12.1 Å². The normalized spacial score (nSPS) is 20.3. The van der Waals surface area contributed by atoms with Gasteiger partial charge < -0.3 is 24.2 Å². The number of fused-ring (bicyclic) bond motifs is 2. The van der Waals surface area contributed by atoms with Crippen molar-refractivity contribution in [3.05, 3.63) is 56.8 Å². The third-order valence-corrected chi connectivity index (χ3v) is 6.47. The molecule has 0 aliphatic carbocycles. The zero-order valence-corrected chi connectivity index (χ0v) is 18.8. The van der Waals surface area contributed by atoms with Crippen LogP contribution >= 0.6 is 15.9 Å². The first-order chi connectivity index (χ1) is 15.0. The van der Waals surface area contributed by atoms with Crippen molar-refractivity contribution in [2.75, 3.05) is 40.0 Å². The Morgan fingerprint density at radius 3 is 2.84 bits per heavy atom. The number of hydrogen-bond acceptors (Lipinski definition) is 6. The number of allylic oxidation sites excluding steroid dienone is 1. The standard InChI is InChI=1S/C23H23BrN2O5/c1-25-4-6-26(7-5-25)11-18-19(27)3-2-17-21(28)20(31-23(17)18)10-14-8-16(24)9-15-12-29-13-30-22(14)15/h2-3,8-10,27H,4-7,11-13H2,1H3/b20-10-. The van der Waals surface area contributed by atoms with Gasteiger partial charge in [-0.05, 0) is 31.3 Å². The first kappa shape index (κ1) is 20.5. The summed E-state index contributed by atoms with van der Waals surface area (Å²) in [6.45, 7) is 5.06. The second kappa shape index (κ2) is 8.27. The predicted octanol–water partition coefficient (Wildman–Crippen LogP) is 1.34. The predicted molar refractivity (Wildman–Crippen MR) is 115 cm³/mol. The van der Waals surface area contributed by atoms with Crippen LogP contribution in [-0.2, 0) is 17.9 Å². The van der Waals surface area contributed by atoms with Gasteiger partial charge in [0.1, 0.15) is 18.0 Å². The second-order valence-corrected chi connectivity index (χ2v) is 9.10. The Balaban J connectivity index is 1.47. The van der Waals surface area contributed by atoms with Crippen LogP contribution in [0.15, 0.2) is 34.5 Å². The molecule has 0 spiro atoms. The van der Waals surface area contributed by atoms with Crippen LogP contribution in [0.5, 0.6) is 17.2 Å². The number of nitrogens with zero attached hydrogens (tertiary/aromatic N) is 1. The van der Waals surface area contributed by atoms with E-state index >= 15 is 0 Å². The van der Waals surface area contributed by atoms with Crippen LogP contribution in [0.25, 0.3) is 6.08 Å². The molecule has 2 aromatic rings. The second-order valence-electron chi connectivity index (χ2n) is 8.18. The van der Waals surface area contributed by atoms with Crippen molar-refractivity contribution in [3.63, 3.8) is 0 Å². The van der Waals surface area contributed by atoms with Crippen LogP contribution in [0.2, 0.25) is 0 Å². The summed E-state index contributed by atoms with van der Waals surface area (Å²) < 4.78 is 17.9. The van der Waals surface area contributed by atoms with Crippen molar-refractivity contribution in [1.29, 1.82) is 0 Å². The fourth-order valence-electron chi connectivity index (χ4n) is 4.28. The maximum atomic E-state index is 13.1. The van der Waals surface area contributed by atoms with Crippen LogP contribution in [0.4, 0.5) is 0 Å². The number of ketones is 1. The molecule has 0 aromatic heterocycles. The summed E-state index contributed by atoms with van der Waals surface area (Å²) in [7, 11) is 2.10. The molecule has 3 aliphatic heterocycles. The minimum absolute atomic E-state index is 0.0838. The number of hydrogen-bond donors (Lipinski definition) is 1. The lowest BCUT2D eigenvalue weighted by molar-refractivity contribution is -0.918. The number of nitrogens with one attached hydrogen (secondary N) is 1. The van der Waals surface area contributed by atoms with E-state index in [9.17, 15) is 9.90 Å². The third-order valence-electron chi connectivity index (χ3n) is 6.01. The molecule has 1 N–H and O–H groups in total. The highest BCUT2D eigenvalue weighted by Crippen LogP contribution is 2.40. The number of Topliss-reactive ketones (excluding diaryl/α,β-unsaturated/α-hetero) is 1. The third kappa shape index (κ3) is 3.96. The van der Waals surface area contributed by atoms with Crippen molar-refractivity contribution in [2.45, 2.75) is 13.2 Å². The lowest BCUT2D eigenvalue weighted by Crippen LogP contribution is -3.13. The van der Waals surface area contributed by atoms with E-state index in [1.165, 1.54) is 11.0 Å². The molecule has 31 heavy (non-hydrogen) atoms. The molecule has 0 saturated carbocycles. The van der Waals surface area contributed by atoms with Crippen LogP contribution in [0.1, 0.15) is 27.0 Å². The molecule has 1 fully saturated rings. The van der Waals surface area contributed by atoms with Gasteiger partial charge in [0, 0.05) is 34.3 Å². The molecular weight excluding hydrogens is 464 g/mol. The molecule has 162 valence electrons. The van der Waals surface area contributed by atoms with Crippen LogP contribution in [0.3, 0.4) is 0 Å². The van der Waals surface area contributed by atoms with Gasteiger partial charge in [-0.15, -0.1) is 0 Å². The van der Waals surface area contributed by atoms with Gasteiger partial charge in [-0.25, -0.2) is 0 Å². The monoisotopic (exact) mass is 486 g/mol. The van der Waals surface area contributed by atoms with Gasteiger partial charge >= 0.3 is 0 Å². The van der Waals surface area contributed by atoms with E-state index in [4.69, 9.17) is 14.2 Å². The maximum absolute atomic E-state index is 13.1. The van der Waals surface area contributed by atoms with E-state index < -0.39 is 0 Å². The zero-order valence-electron chi connectivity index (χ0n) is 17.2. The summed E-state index contributed by atoms with van der Waals surface area (Å²) in [6.07, 6.45) is 1.69. The quantitative estimate of drug-likeness (QED) is 0.659. The van der Waals surface area contributed by atoms with Crippen molar-refractivity contribution < 1.29 is 29.0 Å². The van der Waals surface area contributed by atoms with Crippen LogP contribution in [0, 0.1) is 0 Å². The molecule has 0 atom stereocenters. The molecule has 2 aromatic carbocycles. The average Bonchev–Trinajstić information content (AvgIpc) is 3.07. The Kier molecular flexibility index (Phi) is 5.47. The topological polar surface area (TPSA) is 75.5 Å². The van der Waals surface area contributed by atoms with Gasteiger partial charge in [0.25, 0.3) is 0 Å². The van der Waals surface area contributed by atoms with E-state index in [-0.39, 0.29) is 24.1 Å². The van der Waals surface area contributed by atoms with Gasteiger partial charge in [0.2, 0.25) is 5.78 Å². The number of carbonyl (C=O) groups excluding carboxylic acids is 1. The maximum Gasteiger partial charge on any atom is 0.231 e. The number of halogens is 1. The molecule has 0 amide bonds. The van der Waals surface area contributed by atoms with Gasteiger partial charge in [0.05, 0.1) is 25.3 Å². The molecule has 7 nitrogen and oxygen atoms in total. The van der Waals surface area contributed by atoms with Gasteiger partial charge in [-0.1, -0.05) is 27.7 Å². The van der Waals surface area contributed by atoms with Crippen molar-refractivity contribution in [1.82, 2.24) is 4.90 Å². The molecular formula is C23H23BrN2O5. The summed E-state index contributed by atoms with van der Waals surface area (Å²) in [5, 5.41) is 12.7. The summed E-state index contributed by atoms with van der Waals surface area (Å²) in [4.78, 5) is 16.7. The Bertz CT molecular complexity index is 1080. The molecule has 1 saturated heterocycles. The zero-order chi connectivity index (χ0) is 21.5. The number of carbonyl (C=O) groups is 1. The van der Waals surface area contributed by atoms with Gasteiger partial charge in [-0.2, -0.15) is 0 Å². The van der Waals surface area contributed by atoms with Crippen molar-refractivity contribution >= 4 is 27.8 Å². The molecule has 0 radical (unpaired) electrons. The fraction of sp³-hybridized carbons (Fsp3) is 0.348. The summed E-state index contributed by atoms with van der Waals surface area (Å²) in [5.74, 6) is 0.986. The summed E-state index contributed by atoms with van der Waals surface area (Å²) >= 11 is 3.50. The fourth-order valence-corrected chi connectivity index (χ4v) is 4.80. The Morgan fingerprint density at radius 1 is 1.23 bits per heavy atom. The lowest BCUT2D eigenvalue weighted by Gasteiger charge is -2.30. The molecule has 3 heterocycles.